The summed E-state index contributed by atoms with van der Waals surface area (Å²) < 4.78 is 0.821. The van der Waals surface area contributed by atoms with Gasteiger partial charge in [0.15, 0.2) is 0 Å². The van der Waals surface area contributed by atoms with Crippen molar-refractivity contribution in [3.8, 4) is 0 Å². The summed E-state index contributed by atoms with van der Waals surface area (Å²) >= 11 is 3.34. The van der Waals surface area contributed by atoms with Gasteiger partial charge in [0.2, 0.25) is 0 Å². The van der Waals surface area contributed by atoms with E-state index in [0.29, 0.717) is 6.54 Å². The van der Waals surface area contributed by atoms with Crippen LogP contribution in [0.2, 0.25) is 0 Å². The highest BCUT2D eigenvalue weighted by Crippen LogP contribution is 2.13. The molecule has 1 heterocycles. The van der Waals surface area contributed by atoms with Crippen molar-refractivity contribution in [3.05, 3.63) is 64.4 Å². The lowest BCUT2D eigenvalue weighted by Gasteiger charge is -2.16. The average molecular weight is 307 g/mol. The van der Waals surface area contributed by atoms with Crippen molar-refractivity contribution in [2.45, 2.75) is 12.6 Å². The monoisotopic (exact) mass is 306 g/mol. The van der Waals surface area contributed by atoms with E-state index >= 15 is 0 Å². The van der Waals surface area contributed by atoms with Crippen molar-refractivity contribution in [3.63, 3.8) is 0 Å². The summed E-state index contributed by atoms with van der Waals surface area (Å²) in [4.78, 5) is 4.35. The molecule has 0 fully saturated rings. The number of hydrogen-bond donors (Lipinski definition) is 2. The average Bonchev–Trinajstić information content (AvgIpc) is 2.41. The fraction of sp³-hybridized carbons (Fsp3) is 0.214. The number of nitrogens with one attached hydrogen (secondary N) is 1. The first kappa shape index (κ1) is 13.2. The molecule has 0 bridgehead atoms. The number of hydrogen-bond acceptors (Lipinski definition) is 3. The molecule has 1 atom stereocenters. The van der Waals surface area contributed by atoms with E-state index in [1.54, 1.807) is 0 Å². The minimum absolute atomic E-state index is 0.0630. The molecule has 0 amide bonds. The molecule has 2 rings (SSSR count). The van der Waals surface area contributed by atoms with Crippen LogP contribution in [-0.4, -0.2) is 16.7 Å². The van der Waals surface area contributed by atoms with E-state index < -0.39 is 0 Å². The van der Waals surface area contributed by atoms with Gasteiger partial charge in [-0.2, -0.15) is 0 Å². The smallest absolute Gasteiger partial charge is 0.106 e. The summed E-state index contributed by atoms with van der Waals surface area (Å²) in [6.07, 6.45) is 0. The first-order valence-electron chi connectivity index (χ1n) is 5.80. The van der Waals surface area contributed by atoms with Crippen LogP contribution in [0.1, 0.15) is 17.3 Å². The third kappa shape index (κ3) is 3.63. The van der Waals surface area contributed by atoms with E-state index in [4.69, 9.17) is 0 Å². The molecule has 2 aromatic rings. The fourth-order valence-corrected chi connectivity index (χ4v) is 2.13. The summed E-state index contributed by atoms with van der Waals surface area (Å²) in [6, 6.07) is 15.6. The first-order chi connectivity index (χ1) is 8.79. The molecule has 0 unspecified atom stereocenters. The Morgan fingerprint density at radius 2 is 1.89 bits per heavy atom. The molecule has 0 radical (unpaired) electrons. The molecular formula is C14H15BrN2O. The van der Waals surface area contributed by atoms with Crippen molar-refractivity contribution in [2.75, 3.05) is 6.61 Å². The second-order valence-corrected chi connectivity index (χ2v) is 4.79. The molecule has 3 nitrogen and oxygen atoms in total. The maximum Gasteiger partial charge on any atom is 0.106 e. The molecule has 18 heavy (non-hydrogen) atoms. The van der Waals surface area contributed by atoms with Gasteiger partial charge in [0.25, 0.3) is 0 Å². The van der Waals surface area contributed by atoms with Gasteiger partial charge in [0.05, 0.1) is 18.3 Å². The number of nitrogens with zero attached hydrogens (tertiary/aromatic N) is 1. The van der Waals surface area contributed by atoms with Crippen molar-refractivity contribution < 1.29 is 5.11 Å². The van der Waals surface area contributed by atoms with Crippen LogP contribution >= 0.6 is 15.9 Å². The summed E-state index contributed by atoms with van der Waals surface area (Å²) in [6.45, 7) is 0.692. The predicted octanol–water partition coefficient (Wildman–Crippen LogP) is 2.67. The molecule has 0 aliphatic heterocycles. The molecule has 1 aromatic carbocycles. The van der Waals surface area contributed by atoms with Gasteiger partial charge in [0.1, 0.15) is 4.60 Å². The van der Waals surface area contributed by atoms with Crippen LogP contribution in [0.25, 0.3) is 0 Å². The van der Waals surface area contributed by atoms with E-state index in [-0.39, 0.29) is 12.6 Å². The van der Waals surface area contributed by atoms with Gasteiger partial charge in [-0.15, -0.1) is 0 Å². The Kier molecular flexibility index (Phi) is 4.87. The van der Waals surface area contributed by atoms with E-state index in [2.05, 4.69) is 26.2 Å². The Bertz CT molecular complexity index is 490. The number of pyridine rings is 1. The van der Waals surface area contributed by atoms with Crippen LogP contribution in [0, 0.1) is 0 Å². The Balaban J connectivity index is 2.00. The van der Waals surface area contributed by atoms with Crippen LogP contribution in [0.15, 0.2) is 53.1 Å². The molecule has 2 N–H and O–H groups in total. The largest absolute Gasteiger partial charge is 0.394 e. The van der Waals surface area contributed by atoms with Crippen molar-refractivity contribution in [1.29, 1.82) is 0 Å². The standard InChI is InChI=1S/C14H15BrN2O/c15-14-8-4-7-12(17-14)9-16-13(10-18)11-5-2-1-3-6-11/h1-8,13,16,18H,9-10H2/t13-/m0/s1. The van der Waals surface area contributed by atoms with Crippen molar-refractivity contribution in [2.24, 2.45) is 0 Å². The van der Waals surface area contributed by atoms with Crippen LogP contribution in [0.5, 0.6) is 0 Å². The maximum atomic E-state index is 9.42. The van der Waals surface area contributed by atoms with Gasteiger partial charge >= 0.3 is 0 Å². The minimum atomic E-state index is -0.0630. The summed E-state index contributed by atoms with van der Waals surface area (Å²) in [7, 11) is 0. The van der Waals surface area contributed by atoms with Crippen molar-refractivity contribution in [1.82, 2.24) is 10.3 Å². The van der Waals surface area contributed by atoms with E-state index in [0.717, 1.165) is 15.9 Å². The lowest BCUT2D eigenvalue weighted by molar-refractivity contribution is 0.243. The highest BCUT2D eigenvalue weighted by Gasteiger charge is 2.09. The second-order valence-electron chi connectivity index (χ2n) is 3.98. The molecule has 1 aromatic heterocycles. The molecule has 0 aliphatic rings. The molecule has 0 saturated carbocycles. The summed E-state index contributed by atoms with van der Waals surface area (Å²) in [5.74, 6) is 0. The minimum Gasteiger partial charge on any atom is -0.394 e. The zero-order valence-electron chi connectivity index (χ0n) is 9.88. The molecule has 4 heteroatoms. The van der Waals surface area contributed by atoms with Gasteiger partial charge in [-0.3, -0.25) is 0 Å². The maximum absolute atomic E-state index is 9.42. The lowest BCUT2D eigenvalue weighted by atomic mass is 10.1. The zero-order chi connectivity index (χ0) is 12.8. The third-order valence-electron chi connectivity index (χ3n) is 2.69. The van der Waals surface area contributed by atoms with Gasteiger partial charge in [-0.25, -0.2) is 4.98 Å². The van der Waals surface area contributed by atoms with E-state index in [1.165, 1.54) is 0 Å². The second kappa shape index (κ2) is 6.64. The number of rotatable bonds is 5. The lowest BCUT2D eigenvalue weighted by Crippen LogP contribution is -2.24. The first-order valence-corrected chi connectivity index (χ1v) is 6.59. The topological polar surface area (TPSA) is 45.1 Å². The molecule has 0 aliphatic carbocycles. The number of aliphatic hydroxyl groups excluding tert-OH is 1. The van der Waals surface area contributed by atoms with Gasteiger partial charge in [-0.05, 0) is 33.6 Å². The molecule has 94 valence electrons. The number of aromatic nitrogens is 1. The quantitative estimate of drug-likeness (QED) is 0.835. The number of benzene rings is 1. The normalized spacial score (nSPS) is 12.3. The van der Waals surface area contributed by atoms with Gasteiger partial charge < -0.3 is 10.4 Å². The predicted molar refractivity (Wildman–Crippen MR) is 75.0 cm³/mol. The van der Waals surface area contributed by atoms with Crippen LogP contribution in [0.3, 0.4) is 0 Å². The Morgan fingerprint density at radius 3 is 2.56 bits per heavy atom. The Labute approximate surface area is 115 Å². The van der Waals surface area contributed by atoms with Crippen LogP contribution < -0.4 is 5.32 Å². The van der Waals surface area contributed by atoms with Crippen LogP contribution in [-0.2, 0) is 6.54 Å². The van der Waals surface area contributed by atoms with Gasteiger partial charge in [0, 0.05) is 6.54 Å². The fourth-order valence-electron chi connectivity index (χ4n) is 1.75. The van der Waals surface area contributed by atoms with Crippen LogP contribution in [0.4, 0.5) is 0 Å². The highest BCUT2D eigenvalue weighted by atomic mass is 79.9. The molecule has 0 spiro atoms. The zero-order valence-corrected chi connectivity index (χ0v) is 11.5. The van der Waals surface area contributed by atoms with E-state index in [9.17, 15) is 5.11 Å². The molecular weight excluding hydrogens is 292 g/mol. The summed E-state index contributed by atoms with van der Waals surface area (Å²) in [5, 5.41) is 12.7. The van der Waals surface area contributed by atoms with E-state index in [1.807, 2.05) is 48.5 Å². The Hall–Kier alpha value is -1.23. The number of aliphatic hydroxyl groups is 1. The summed E-state index contributed by atoms with van der Waals surface area (Å²) in [5.41, 5.74) is 2.02. The third-order valence-corrected chi connectivity index (χ3v) is 3.13. The Morgan fingerprint density at radius 1 is 1.11 bits per heavy atom. The highest BCUT2D eigenvalue weighted by molar-refractivity contribution is 9.10. The van der Waals surface area contributed by atoms with Gasteiger partial charge in [-0.1, -0.05) is 36.4 Å². The number of halogens is 1. The van der Waals surface area contributed by atoms with Crippen molar-refractivity contribution >= 4 is 15.9 Å². The SMILES string of the molecule is OC[C@H](NCc1cccc(Br)n1)c1ccccc1. The molecule has 0 saturated heterocycles.